The highest BCUT2D eigenvalue weighted by molar-refractivity contribution is 5.64. The van der Waals surface area contributed by atoms with Crippen LogP contribution in [0, 0.1) is 5.92 Å². The Labute approximate surface area is 134 Å². The van der Waals surface area contributed by atoms with Crippen molar-refractivity contribution in [3.05, 3.63) is 42.6 Å². The predicted molar refractivity (Wildman–Crippen MR) is 89.4 cm³/mol. The first-order chi connectivity index (χ1) is 11.1. The number of phenols is 1. The van der Waals surface area contributed by atoms with Crippen molar-refractivity contribution < 1.29 is 10.2 Å². The maximum absolute atomic E-state index is 9.46. The van der Waals surface area contributed by atoms with Gasteiger partial charge in [-0.2, -0.15) is 0 Å². The van der Waals surface area contributed by atoms with Gasteiger partial charge in [-0.05, 0) is 42.3 Å². The topological polar surface area (TPSA) is 82.7 Å². The molecule has 0 fully saturated rings. The molecule has 0 aliphatic carbocycles. The van der Waals surface area contributed by atoms with Gasteiger partial charge in [-0.3, -0.25) is 0 Å². The number of hydrogen-bond donors (Lipinski definition) is 3. The molecule has 1 aromatic carbocycles. The minimum absolute atomic E-state index is 0.0477. The van der Waals surface area contributed by atoms with Crippen molar-refractivity contribution in [2.24, 2.45) is 5.92 Å². The van der Waals surface area contributed by atoms with Crippen LogP contribution in [0.3, 0.4) is 0 Å². The Kier molecular flexibility index (Phi) is 4.16. The minimum atomic E-state index is -0.0550. The Morgan fingerprint density at radius 2 is 1.87 bits per heavy atom. The number of aromatic hydroxyl groups is 1. The van der Waals surface area contributed by atoms with E-state index in [2.05, 4.69) is 15.4 Å². The molecular formula is C17H20N4O2. The molecule has 23 heavy (non-hydrogen) atoms. The van der Waals surface area contributed by atoms with Gasteiger partial charge in [-0.25, -0.2) is 9.50 Å². The van der Waals surface area contributed by atoms with E-state index in [0.717, 1.165) is 16.9 Å². The van der Waals surface area contributed by atoms with Gasteiger partial charge in [0.15, 0.2) is 5.65 Å². The summed E-state index contributed by atoms with van der Waals surface area (Å²) in [5.41, 5.74) is 2.50. The van der Waals surface area contributed by atoms with E-state index in [1.165, 1.54) is 0 Å². The van der Waals surface area contributed by atoms with Gasteiger partial charge in [-0.15, -0.1) is 5.10 Å². The second-order valence-electron chi connectivity index (χ2n) is 5.86. The first-order valence-electron chi connectivity index (χ1n) is 7.60. The molecule has 0 amide bonds. The van der Waals surface area contributed by atoms with Crippen LogP contribution in [0.1, 0.15) is 13.8 Å². The second kappa shape index (κ2) is 6.26. The zero-order valence-electron chi connectivity index (χ0n) is 13.1. The van der Waals surface area contributed by atoms with Crippen molar-refractivity contribution in [3.63, 3.8) is 0 Å². The van der Waals surface area contributed by atoms with Crippen LogP contribution in [0.15, 0.2) is 42.6 Å². The van der Waals surface area contributed by atoms with Crippen LogP contribution in [0.4, 0.5) is 5.82 Å². The maximum atomic E-state index is 9.46. The zero-order chi connectivity index (χ0) is 16.4. The van der Waals surface area contributed by atoms with E-state index >= 15 is 0 Å². The van der Waals surface area contributed by atoms with Gasteiger partial charge in [0.2, 0.25) is 0 Å². The Morgan fingerprint density at radius 3 is 2.52 bits per heavy atom. The summed E-state index contributed by atoms with van der Waals surface area (Å²) in [7, 11) is 0. The fraction of sp³-hybridized carbons (Fsp3) is 0.294. The average molecular weight is 312 g/mol. The molecule has 6 heteroatoms. The summed E-state index contributed by atoms with van der Waals surface area (Å²) in [4.78, 5) is 4.35. The van der Waals surface area contributed by atoms with Gasteiger partial charge in [0.1, 0.15) is 11.6 Å². The Bertz CT molecular complexity index is 796. The number of phenolic OH excluding ortho intramolecular Hbond substituents is 1. The average Bonchev–Trinajstić information content (AvgIpc) is 2.96. The van der Waals surface area contributed by atoms with E-state index in [4.69, 9.17) is 0 Å². The Morgan fingerprint density at radius 1 is 1.13 bits per heavy atom. The molecule has 3 aromatic rings. The molecule has 0 spiro atoms. The standard InChI is InChI=1S/C17H20N4O2/c1-11(2)14(10-22)19-16-7-8-17-18-9-15(21(17)20-16)12-3-5-13(23)6-4-12/h3-9,11,14,22-23H,10H2,1-2H3,(H,19,20). The van der Waals surface area contributed by atoms with Crippen molar-refractivity contribution >= 4 is 11.5 Å². The summed E-state index contributed by atoms with van der Waals surface area (Å²) >= 11 is 0. The van der Waals surface area contributed by atoms with Crippen LogP contribution in [0.25, 0.3) is 16.9 Å². The van der Waals surface area contributed by atoms with E-state index in [1.54, 1.807) is 22.8 Å². The molecule has 3 rings (SSSR count). The zero-order valence-corrected chi connectivity index (χ0v) is 13.1. The van der Waals surface area contributed by atoms with Crippen LogP contribution in [-0.4, -0.2) is 37.5 Å². The highest BCUT2D eigenvalue weighted by Gasteiger charge is 2.14. The molecule has 3 N–H and O–H groups in total. The van der Waals surface area contributed by atoms with E-state index in [0.29, 0.717) is 5.82 Å². The first kappa shape index (κ1) is 15.3. The van der Waals surface area contributed by atoms with Gasteiger partial charge >= 0.3 is 0 Å². The molecule has 0 radical (unpaired) electrons. The van der Waals surface area contributed by atoms with Crippen LogP contribution in [-0.2, 0) is 0 Å². The fourth-order valence-corrected chi connectivity index (χ4v) is 2.39. The third-order valence-electron chi connectivity index (χ3n) is 3.86. The molecule has 0 bridgehead atoms. The number of aliphatic hydroxyl groups is 1. The van der Waals surface area contributed by atoms with Gasteiger partial charge in [0.05, 0.1) is 24.5 Å². The quantitative estimate of drug-likeness (QED) is 0.674. The smallest absolute Gasteiger partial charge is 0.154 e. The number of anilines is 1. The number of imidazole rings is 1. The molecule has 1 atom stereocenters. The monoisotopic (exact) mass is 312 g/mol. The summed E-state index contributed by atoms with van der Waals surface area (Å²) in [6.45, 7) is 4.14. The van der Waals surface area contributed by atoms with E-state index in [-0.39, 0.29) is 24.3 Å². The third kappa shape index (κ3) is 3.12. The van der Waals surface area contributed by atoms with Gasteiger partial charge in [-0.1, -0.05) is 13.8 Å². The maximum Gasteiger partial charge on any atom is 0.154 e. The van der Waals surface area contributed by atoms with E-state index < -0.39 is 0 Å². The molecule has 6 nitrogen and oxygen atoms in total. The normalized spacial score (nSPS) is 12.7. The van der Waals surface area contributed by atoms with Crippen molar-refractivity contribution in [1.29, 1.82) is 0 Å². The molecule has 0 aliphatic rings. The van der Waals surface area contributed by atoms with E-state index in [9.17, 15) is 10.2 Å². The molecule has 2 heterocycles. The SMILES string of the molecule is CC(C)C(CO)Nc1ccc2ncc(-c3ccc(O)cc3)n2n1. The molecule has 1 unspecified atom stereocenters. The number of nitrogens with zero attached hydrogens (tertiary/aromatic N) is 3. The second-order valence-corrected chi connectivity index (χ2v) is 5.86. The molecule has 0 saturated carbocycles. The lowest BCUT2D eigenvalue weighted by Gasteiger charge is -2.20. The Hall–Kier alpha value is -2.60. The van der Waals surface area contributed by atoms with Crippen molar-refractivity contribution in [3.8, 4) is 17.0 Å². The number of fused-ring (bicyclic) bond motifs is 1. The van der Waals surface area contributed by atoms with Gasteiger partial charge < -0.3 is 15.5 Å². The lowest BCUT2D eigenvalue weighted by Crippen LogP contribution is -2.30. The Balaban J connectivity index is 1.98. The highest BCUT2D eigenvalue weighted by Crippen LogP contribution is 2.23. The molecule has 120 valence electrons. The van der Waals surface area contributed by atoms with Crippen LogP contribution in [0.5, 0.6) is 5.75 Å². The summed E-state index contributed by atoms with van der Waals surface area (Å²) < 4.78 is 1.75. The number of hydrogen-bond acceptors (Lipinski definition) is 5. The summed E-state index contributed by atoms with van der Waals surface area (Å²) in [6.07, 6.45) is 1.75. The fourth-order valence-electron chi connectivity index (χ4n) is 2.39. The van der Waals surface area contributed by atoms with Gasteiger partial charge in [0.25, 0.3) is 0 Å². The highest BCUT2D eigenvalue weighted by atomic mass is 16.3. The van der Waals surface area contributed by atoms with Crippen LogP contribution in [0.2, 0.25) is 0 Å². The summed E-state index contributed by atoms with van der Waals surface area (Å²) in [5.74, 6) is 1.20. The lowest BCUT2D eigenvalue weighted by atomic mass is 10.1. The number of aliphatic hydroxyl groups excluding tert-OH is 1. The van der Waals surface area contributed by atoms with Crippen LogP contribution < -0.4 is 5.32 Å². The van der Waals surface area contributed by atoms with Crippen LogP contribution >= 0.6 is 0 Å². The summed E-state index contributed by atoms with van der Waals surface area (Å²) in [5, 5.41) is 26.7. The largest absolute Gasteiger partial charge is 0.508 e. The van der Waals surface area contributed by atoms with E-state index in [1.807, 2.05) is 38.1 Å². The molecule has 2 aromatic heterocycles. The molecule has 0 aliphatic heterocycles. The third-order valence-corrected chi connectivity index (χ3v) is 3.86. The van der Waals surface area contributed by atoms with Crippen molar-refractivity contribution in [2.45, 2.75) is 19.9 Å². The number of benzene rings is 1. The molecule has 0 saturated heterocycles. The predicted octanol–water partition coefficient (Wildman–Crippen LogP) is 2.53. The van der Waals surface area contributed by atoms with Crippen molar-refractivity contribution in [1.82, 2.24) is 14.6 Å². The lowest BCUT2D eigenvalue weighted by molar-refractivity contribution is 0.249. The first-order valence-corrected chi connectivity index (χ1v) is 7.60. The minimum Gasteiger partial charge on any atom is -0.508 e. The number of rotatable bonds is 5. The number of nitrogens with one attached hydrogen (secondary N) is 1. The number of aromatic nitrogens is 3. The van der Waals surface area contributed by atoms with Gasteiger partial charge in [0, 0.05) is 5.56 Å². The summed E-state index contributed by atoms with van der Waals surface area (Å²) in [6, 6.07) is 10.6. The molecular weight excluding hydrogens is 292 g/mol. The van der Waals surface area contributed by atoms with Crippen molar-refractivity contribution in [2.75, 3.05) is 11.9 Å².